The van der Waals surface area contributed by atoms with Crippen LogP contribution in [-0.4, -0.2) is 18.4 Å². The number of rotatable bonds is 3. The van der Waals surface area contributed by atoms with Crippen LogP contribution in [0.4, 0.5) is 15.1 Å². The molecule has 0 spiro atoms. The van der Waals surface area contributed by atoms with Crippen molar-refractivity contribution in [1.82, 2.24) is 0 Å². The number of hydrogen-bond acceptors (Lipinski definition) is 4. The molecule has 1 aliphatic carbocycles. The highest BCUT2D eigenvalue weighted by molar-refractivity contribution is 7.16. The van der Waals surface area contributed by atoms with Crippen LogP contribution < -0.4 is 10.2 Å². The largest absolute Gasteiger partial charge is 0.316 e. The first kappa shape index (κ1) is 17.7. The molecule has 7 heteroatoms. The summed E-state index contributed by atoms with van der Waals surface area (Å²) in [7, 11) is 0. The molecular weight excluding hydrogens is 365 g/mol. The molecule has 2 heterocycles. The predicted octanol–water partition coefficient (Wildman–Crippen LogP) is 3.63. The Morgan fingerprint density at radius 3 is 2.74 bits per heavy atom. The van der Waals surface area contributed by atoms with Crippen molar-refractivity contribution in [3.8, 4) is 6.07 Å². The van der Waals surface area contributed by atoms with E-state index in [4.69, 9.17) is 0 Å². The third kappa shape index (κ3) is 3.33. The van der Waals surface area contributed by atoms with Gasteiger partial charge in [0.25, 0.3) is 0 Å². The zero-order valence-electron chi connectivity index (χ0n) is 14.6. The zero-order valence-corrected chi connectivity index (χ0v) is 15.4. The summed E-state index contributed by atoms with van der Waals surface area (Å²) in [5, 5.41) is 13.0. The molecule has 1 aromatic carbocycles. The third-order valence-electron chi connectivity index (χ3n) is 5.15. The van der Waals surface area contributed by atoms with Crippen molar-refractivity contribution in [3.05, 3.63) is 46.1 Å². The van der Waals surface area contributed by atoms with Crippen LogP contribution in [0.3, 0.4) is 0 Å². The molecule has 1 N–H and O–H groups in total. The van der Waals surface area contributed by atoms with Gasteiger partial charge in [-0.2, -0.15) is 5.26 Å². The maximum absolute atomic E-state index is 13.1. The number of aryl methyl sites for hydroxylation is 1. The number of fused-ring (bicyclic) bond motifs is 1. The lowest BCUT2D eigenvalue weighted by atomic mass is 9.96. The van der Waals surface area contributed by atoms with Gasteiger partial charge in [-0.25, -0.2) is 4.39 Å². The summed E-state index contributed by atoms with van der Waals surface area (Å²) in [5.41, 5.74) is 2.23. The van der Waals surface area contributed by atoms with Crippen LogP contribution in [-0.2, 0) is 22.4 Å². The molecule has 1 saturated heterocycles. The fourth-order valence-electron chi connectivity index (χ4n) is 3.74. The van der Waals surface area contributed by atoms with Gasteiger partial charge < -0.3 is 10.2 Å². The second-order valence-corrected chi connectivity index (χ2v) is 8.00. The molecule has 1 aromatic heterocycles. The summed E-state index contributed by atoms with van der Waals surface area (Å²) in [6.07, 6.45) is 4.11. The molecule has 2 amide bonds. The molecule has 0 radical (unpaired) electrons. The second kappa shape index (κ2) is 7.12. The average molecular weight is 383 g/mol. The van der Waals surface area contributed by atoms with E-state index < -0.39 is 5.92 Å². The highest BCUT2D eigenvalue weighted by Gasteiger charge is 2.36. The minimum Gasteiger partial charge on any atom is -0.316 e. The number of carbonyl (C=O) groups is 2. The van der Waals surface area contributed by atoms with Crippen LogP contribution in [0.5, 0.6) is 0 Å². The van der Waals surface area contributed by atoms with Gasteiger partial charge in [0.2, 0.25) is 11.8 Å². The summed E-state index contributed by atoms with van der Waals surface area (Å²) < 4.78 is 13.1. The van der Waals surface area contributed by atoms with E-state index in [1.165, 1.54) is 45.4 Å². The minimum atomic E-state index is -0.492. The normalized spacial score (nSPS) is 18.9. The first-order chi connectivity index (χ1) is 13.1. The number of hydrogen-bond donors (Lipinski definition) is 1. The van der Waals surface area contributed by atoms with Crippen molar-refractivity contribution < 1.29 is 14.0 Å². The Balaban J connectivity index is 1.50. The second-order valence-electron chi connectivity index (χ2n) is 6.90. The zero-order chi connectivity index (χ0) is 19.0. The first-order valence-electron chi connectivity index (χ1n) is 8.98. The Morgan fingerprint density at radius 1 is 1.26 bits per heavy atom. The molecule has 138 valence electrons. The summed E-state index contributed by atoms with van der Waals surface area (Å²) in [6.45, 7) is 0.253. The van der Waals surface area contributed by atoms with E-state index in [2.05, 4.69) is 11.4 Å². The van der Waals surface area contributed by atoms with E-state index in [1.807, 2.05) is 0 Å². The minimum absolute atomic E-state index is 0.107. The Labute approximate surface area is 160 Å². The van der Waals surface area contributed by atoms with Crippen molar-refractivity contribution in [2.24, 2.45) is 5.92 Å². The molecule has 2 aliphatic rings. The first-order valence-corrected chi connectivity index (χ1v) is 9.80. The SMILES string of the molecule is N#Cc1c(NC(=O)[C@H]2CC(=O)N(c3ccc(F)cc3)C2)sc2c1CCCC2. The Kier molecular flexibility index (Phi) is 4.66. The van der Waals surface area contributed by atoms with Crippen LogP contribution in [0.1, 0.15) is 35.3 Å². The summed E-state index contributed by atoms with van der Waals surface area (Å²) >= 11 is 1.48. The van der Waals surface area contributed by atoms with Crippen molar-refractivity contribution in [2.45, 2.75) is 32.1 Å². The maximum Gasteiger partial charge on any atom is 0.230 e. The topological polar surface area (TPSA) is 73.2 Å². The monoisotopic (exact) mass is 383 g/mol. The number of anilines is 2. The smallest absolute Gasteiger partial charge is 0.230 e. The molecular formula is C20H18FN3O2S. The van der Waals surface area contributed by atoms with Crippen LogP contribution in [0.25, 0.3) is 0 Å². The number of benzene rings is 1. The molecule has 5 nitrogen and oxygen atoms in total. The molecule has 4 rings (SSSR count). The van der Waals surface area contributed by atoms with Crippen LogP contribution >= 0.6 is 11.3 Å². The van der Waals surface area contributed by atoms with E-state index in [9.17, 15) is 19.2 Å². The van der Waals surface area contributed by atoms with Gasteiger partial charge in [0.15, 0.2) is 0 Å². The van der Waals surface area contributed by atoms with E-state index >= 15 is 0 Å². The van der Waals surface area contributed by atoms with Gasteiger partial charge in [-0.05, 0) is 55.5 Å². The molecule has 1 fully saturated rings. The molecule has 2 aromatic rings. The molecule has 0 saturated carbocycles. The van der Waals surface area contributed by atoms with Gasteiger partial charge in [0.1, 0.15) is 16.9 Å². The molecule has 0 unspecified atom stereocenters. The number of thiophene rings is 1. The predicted molar refractivity (Wildman–Crippen MR) is 101 cm³/mol. The lowest BCUT2D eigenvalue weighted by Crippen LogP contribution is -2.28. The van der Waals surface area contributed by atoms with Crippen LogP contribution in [0, 0.1) is 23.1 Å². The van der Waals surface area contributed by atoms with E-state index in [-0.39, 0.29) is 30.6 Å². The lowest BCUT2D eigenvalue weighted by Gasteiger charge is -2.16. The van der Waals surface area contributed by atoms with Crippen molar-refractivity contribution in [1.29, 1.82) is 5.26 Å². The Bertz CT molecular complexity index is 945. The highest BCUT2D eigenvalue weighted by atomic mass is 32.1. The number of carbonyl (C=O) groups excluding carboxylic acids is 2. The standard InChI is InChI=1S/C20H18FN3O2S/c21-13-5-7-14(8-6-13)24-11-12(9-18(24)25)19(26)23-20-16(10-22)15-3-1-2-4-17(15)27-20/h5-8,12H,1-4,9,11H2,(H,23,26)/t12-/m0/s1. The molecule has 1 aliphatic heterocycles. The van der Waals surface area contributed by atoms with Crippen LogP contribution in [0.15, 0.2) is 24.3 Å². The van der Waals surface area contributed by atoms with E-state index in [0.29, 0.717) is 16.3 Å². The maximum atomic E-state index is 13.1. The van der Waals surface area contributed by atoms with E-state index in [1.54, 1.807) is 0 Å². The van der Waals surface area contributed by atoms with Gasteiger partial charge >= 0.3 is 0 Å². The average Bonchev–Trinajstić information content (AvgIpc) is 3.22. The summed E-state index contributed by atoms with van der Waals surface area (Å²) in [6, 6.07) is 7.90. The third-order valence-corrected chi connectivity index (χ3v) is 6.36. The quantitative estimate of drug-likeness (QED) is 0.880. The fourth-order valence-corrected chi connectivity index (χ4v) is 4.98. The number of halogens is 1. The Hall–Kier alpha value is -2.72. The fraction of sp³-hybridized carbons (Fsp3) is 0.350. The lowest BCUT2D eigenvalue weighted by molar-refractivity contribution is -0.122. The number of nitrogens with zero attached hydrogens (tertiary/aromatic N) is 2. The van der Waals surface area contributed by atoms with Gasteiger partial charge in [-0.1, -0.05) is 0 Å². The van der Waals surface area contributed by atoms with Crippen molar-refractivity contribution in [3.63, 3.8) is 0 Å². The van der Waals surface area contributed by atoms with Gasteiger partial charge in [0.05, 0.1) is 11.5 Å². The molecule has 1 atom stereocenters. The van der Waals surface area contributed by atoms with Gasteiger partial charge in [0, 0.05) is 23.5 Å². The summed E-state index contributed by atoms with van der Waals surface area (Å²) in [4.78, 5) is 27.7. The molecule has 0 bridgehead atoms. The van der Waals surface area contributed by atoms with Gasteiger partial charge in [-0.15, -0.1) is 11.3 Å². The van der Waals surface area contributed by atoms with Crippen molar-refractivity contribution >= 4 is 33.8 Å². The number of nitrogens with one attached hydrogen (secondary N) is 1. The van der Waals surface area contributed by atoms with E-state index in [0.717, 1.165) is 31.2 Å². The number of nitriles is 1. The van der Waals surface area contributed by atoms with Crippen LogP contribution in [0.2, 0.25) is 0 Å². The Morgan fingerprint density at radius 2 is 2.00 bits per heavy atom. The highest BCUT2D eigenvalue weighted by Crippen LogP contribution is 2.38. The van der Waals surface area contributed by atoms with Crippen molar-refractivity contribution in [2.75, 3.05) is 16.8 Å². The molecule has 27 heavy (non-hydrogen) atoms. The summed E-state index contributed by atoms with van der Waals surface area (Å²) in [5.74, 6) is -1.27. The van der Waals surface area contributed by atoms with Gasteiger partial charge in [-0.3, -0.25) is 9.59 Å². The number of amides is 2.